The normalized spacial score (nSPS) is 19.9. The van der Waals surface area contributed by atoms with Crippen molar-refractivity contribution in [2.45, 2.75) is 20.3 Å². The summed E-state index contributed by atoms with van der Waals surface area (Å²) in [6.07, 6.45) is 1.08. The van der Waals surface area contributed by atoms with E-state index in [4.69, 9.17) is 10.9 Å². The molecule has 1 heterocycles. The minimum absolute atomic E-state index is 0.108. The maximum atomic E-state index is 14.5. The van der Waals surface area contributed by atoms with E-state index in [2.05, 4.69) is 39.8 Å². The average molecular weight is 344 g/mol. The van der Waals surface area contributed by atoms with E-state index in [1.807, 2.05) is 0 Å². The van der Waals surface area contributed by atoms with E-state index in [-0.39, 0.29) is 16.1 Å². The van der Waals surface area contributed by atoms with Crippen molar-refractivity contribution in [3.63, 3.8) is 0 Å². The van der Waals surface area contributed by atoms with Crippen LogP contribution < -0.4 is 10.6 Å². The molecule has 1 unspecified atom stereocenters. The summed E-state index contributed by atoms with van der Waals surface area (Å²) < 4.78 is 14.7. The van der Waals surface area contributed by atoms with Gasteiger partial charge in [-0.25, -0.2) is 4.39 Å². The first-order chi connectivity index (χ1) is 9.45. The molecule has 1 aliphatic rings. The Morgan fingerprint density at radius 3 is 2.80 bits per heavy atom. The third-order valence-electron chi connectivity index (χ3n) is 3.95. The summed E-state index contributed by atoms with van der Waals surface area (Å²) >= 11 is 3.19. The largest absolute Gasteiger partial charge is 0.409 e. The van der Waals surface area contributed by atoms with E-state index in [0.717, 1.165) is 19.5 Å². The van der Waals surface area contributed by atoms with E-state index < -0.39 is 0 Å². The Kier molecular flexibility index (Phi) is 4.52. The Bertz CT molecular complexity index is 533. The first kappa shape index (κ1) is 15.1. The minimum atomic E-state index is -0.362. The molecule has 0 saturated carbocycles. The molecule has 20 heavy (non-hydrogen) atoms. The second-order valence-electron chi connectivity index (χ2n) is 5.48. The second-order valence-corrected chi connectivity index (χ2v) is 6.28. The number of hydrogen-bond donors (Lipinski definition) is 2. The number of anilines is 1. The molecule has 1 aromatic rings. The van der Waals surface area contributed by atoms with Crippen LogP contribution in [0.5, 0.6) is 0 Å². The zero-order chi connectivity index (χ0) is 14.9. The first-order valence-corrected chi connectivity index (χ1v) is 7.45. The van der Waals surface area contributed by atoms with E-state index in [0.29, 0.717) is 23.1 Å². The average Bonchev–Trinajstić information content (AvgIpc) is 2.90. The fourth-order valence-corrected chi connectivity index (χ4v) is 3.12. The van der Waals surface area contributed by atoms with Gasteiger partial charge in [-0.1, -0.05) is 19.0 Å². The second kappa shape index (κ2) is 5.99. The zero-order valence-corrected chi connectivity index (χ0v) is 13.2. The molecule has 0 aromatic heterocycles. The number of benzene rings is 1. The van der Waals surface area contributed by atoms with E-state index in [9.17, 15) is 4.39 Å². The SMILES string of the molecule is CC(C)C1CCN(c2ccc(/C(N)=N/O)c(Br)c2F)C1. The first-order valence-electron chi connectivity index (χ1n) is 6.66. The van der Waals surface area contributed by atoms with Crippen LogP contribution in [-0.4, -0.2) is 24.1 Å². The molecule has 1 aromatic carbocycles. The van der Waals surface area contributed by atoms with Gasteiger partial charge in [0.2, 0.25) is 0 Å². The molecule has 4 nitrogen and oxygen atoms in total. The van der Waals surface area contributed by atoms with Crippen molar-refractivity contribution in [2.75, 3.05) is 18.0 Å². The van der Waals surface area contributed by atoms with Gasteiger partial charge in [-0.3, -0.25) is 0 Å². The molecule has 0 radical (unpaired) electrons. The van der Waals surface area contributed by atoms with Crippen molar-refractivity contribution in [3.05, 3.63) is 28.0 Å². The molecule has 1 fully saturated rings. The van der Waals surface area contributed by atoms with E-state index in [1.54, 1.807) is 12.1 Å². The summed E-state index contributed by atoms with van der Waals surface area (Å²) in [6, 6.07) is 3.36. The highest BCUT2D eigenvalue weighted by atomic mass is 79.9. The van der Waals surface area contributed by atoms with Crippen LogP contribution >= 0.6 is 15.9 Å². The van der Waals surface area contributed by atoms with Crippen LogP contribution in [0.2, 0.25) is 0 Å². The van der Waals surface area contributed by atoms with E-state index >= 15 is 0 Å². The van der Waals surface area contributed by atoms with Gasteiger partial charge in [0, 0.05) is 18.7 Å². The number of amidine groups is 1. The summed E-state index contributed by atoms with van der Waals surface area (Å²) in [7, 11) is 0. The number of halogens is 2. The maximum absolute atomic E-state index is 14.5. The van der Waals surface area contributed by atoms with Crippen molar-refractivity contribution in [1.29, 1.82) is 0 Å². The Morgan fingerprint density at radius 1 is 1.55 bits per heavy atom. The molecule has 0 amide bonds. The fraction of sp³-hybridized carbons (Fsp3) is 0.500. The van der Waals surface area contributed by atoms with Crippen LogP contribution in [0.15, 0.2) is 21.8 Å². The zero-order valence-electron chi connectivity index (χ0n) is 11.6. The fourth-order valence-electron chi connectivity index (χ4n) is 2.59. The maximum Gasteiger partial charge on any atom is 0.171 e. The Morgan fingerprint density at radius 2 is 2.25 bits per heavy atom. The highest BCUT2D eigenvalue weighted by Crippen LogP contribution is 2.34. The number of hydrogen-bond acceptors (Lipinski definition) is 3. The lowest BCUT2D eigenvalue weighted by Gasteiger charge is -2.21. The number of nitrogens with zero attached hydrogens (tertiary/aromatic N) is 2. The lowest BCUT2D eigenvalue weighted by molar-refractivity contribution is 0.318. The topological polar surface area (TPSA) is 61.8 Å². The third kappa shape index (κ3) is 2.75. The molecule has 0 bridgehead atoms. The summed E-state index contributed by atoms with van der Waals surface area (Å²) in [5.74, 6) is 0.724. The predicted molar refractivity (Wildman–Crippen MR) is 81.8 cm³/mol. The number of oxime groups is 1. The van der Waals surface area contributed by atoms with Crippen molar-refractivity contribution < 1.29 is 9.60 Å². The standard InChI is InChI=1S/C14H19BrFN3O/c1-8(2)9-5-6-19(7-9)11-4-3-10(14(17)18-20)12(15)13(11)16/h3-4,8-9,20H,5-7H2,1-2H3,(H2,17,18). The number of nitrogens with two attached hydrogens (primary N) is 1. The van der Waals surface area contributed by atoms with Gasteiger partial charge in [-0.15, -0.1) is 0 Å². The van der Waals surface area contributed by atoms with Crippen molar-refractivity contribution in [3.8, 4) is 0 Å². The molecular weight excluding hydrogens is 325 g/mol. The summed E-state index contributed by atoms with van der Waals surface area (Å²) in [4.78, 5) is 2.06. The Labute approximate surface area is 126 Å². The van der Waals surface area contributed by atoms with Crippen LogP contribution in [0.4, 0.5) is 10.1 Å². The highest BCUT2D eigenvalue weighted by Gasteiger charge is 2.27. The number of rotatable bonds is 3. The highest BCUT2D eigenvalue weighted by molar-refractivity contribution is 9.10. The van der Waals surface area contributed by atoms with Gasteiger partial charge < -0.3 is 15.8 Å². The molecular formula is C14H19BrFN3O. The Hall–Kier alpha value is -1.30. The monoisotopic (exact) mass is 343 g/mol. The van der Waals surface area contributed by atoms with Gasteiger partial charge in [0.05, 0.1) is 10.2 Å². The van der Waals surface area contributed by atoms with Crippen LogP contribution in [0.25, 0.3) is 0 Å². The lowest BCUT2D eigenvalue weighted by atomic mass is 9.95. The van der Waals surface area contributed by atoms with Gasteiger partial charge in [-0.05, 0) is 46.3 Å². The molecule has 1 aliphatic heterocycles. The van der Waals surface area contributed by atoms with Crippen molar-refractivity contribution in [2.24, 2.45) is 22.7 Å². The molecule has 110 valence electrons. The lowest BCUT2D eigenvalue weighted by Crippen LogP contribution is -2.23. The van der Waals surface area contributed by atoms with Gasteiger partial charge in [0.15, 0.2) is 11.7 Å². The quantitative estimate of drug-likeness (QED) is 0.383. The van der Waals surface area contributed by atoms with Crippen molar-refractivity contribution >= 4 is 27.5 Å². The van der Waals surface area contributed by atoms with Gasteiger partial charge in [0.1, 0.15) is 0 Å². The van der Waals surface area contributed by atoms with E-state index in [1.165, 1.54) is 0 Å². The molecule has 2 rings (SSSR count). The van der Waals surface area contributed by atoms with Gasteiger partial charge >= 0.3 is 0 Å². The van der Waals surface area contributed by atoms with Gasteiger partial charge in [-0.2, -0.15) is 0 Å². The smallest absolute Gasteiger partial charge is 0.171 e. The minimum Gasteiger partial charge on any atom is -0.409 e. The summed E-state index contributed by atoms with van der Waals surface area (Å²) in [5, 5.41) is 11.6. The van der Waals surface area contributed by atoms with Crippen LogP contribution in [0.3, 0.4) is 0 Å². The molecule has 1 atom stereocenters. The molecule has 0 aliphatic carbocycles. The third-order valence-corrected chi connectivity index (χ3v) is 4.73. The molecule has 6 heteroatoms. The van der Waals surface area contributed by atoms with Crippen LogP contribution in [0, 0.1) is 17.7 Å². The van der Waals surface area contributed by atoms with Gasteiger partial charge in [0.25, 0.3) is 0 Å². The van der Waals surface area contributed by atoms with Crippen LogP contribution in [-0.2, 0) is 0 Å². The molecule has 1 saturated heterocycles. The summed E-state index contributed by atoms with van der Waals surface area (Å²) in [6.45, 7) is 6.11. The van der Waals surface area contributed by atoms with Crippen molar-refractivity contribution in [1.82, 2.24) is 0 Å². The summed E-state index contributed by atoms with van der Waals surface area (Å²) in [5.41, 5.74) is 6.44. The van der Waals surface area contributed by atoms with Crippen LogP contribution in [0.1, 0.15) is 25.8 Å². The Balaban J connectivity index is 2.29. The molecule has 3 N–H and O–H groups in total. The molecule has 0 spiro atoms. The predicted octanol–water partition coefficient (Wildman–Crippen LogP) is 3.17.